The van der Waals surface area contributed by atoms with Gasteiger partial charge in [0.2, 0.25) is 11.6 Å². The minimum atomic E-state index is -0.981. The molecule has 0 atom stereocenters. The first-order valence-electron chi connectivity index (χ1n) is 10.8. The fraction of sp³-hybridized carbons (Fsp3) is 0.375. The first-order chi connectivity index (χ1) is 15.0. The van der Waals surface area contributed by atoms with Gasteiger partial charge in [0.05, 0.1) is 5.56 Å². The molecule has 0 amide bonds. The van der Waals surface area contributed by atoms with Gasteiger partial charge in [0.25, 0.3) is 0 Å². The van der Waals surface area contributed by atoms with Gasteiger partial charge in [-0.2, -0.15) is 0 Å². The second-order valence-corrected chi connectivity index (χ2v) is 7.56. The summed E-state index contributed by atoms with van der Waals surface area (Å²) in [5.74, 6) is 0.0866. The Bertz CT molecular complexity index is 1040. The predicted octanol–water partition coefficient (Wildman–Crippen LogP) is 4.80. The summed E-state index contributed by atoms with van der Waals surface area (Å²) in [5.41, 5.74) is 2.60. The van der Waals surface area contributed by atoms with Crippen molar-refractivity contribution in [2.45, 2.75) is 58.9 Å². The standard InChI is InChI=1S/C24H28N4O3/c1-3-5-7-21(29)23-26-22(28(27-23)14-6-4-2)15-17-8-10-18(11-9-17)20-16-25-13-12-19(20)24(30)31/h8-13,16H,3-7,14-15H2,1-2H3,(H,30,31). The molecular formula is C24H28N4O3. The van der Waals surface area contributed by atoms with Gasteiger partial charge in [0.15, 0.2) is 0 Å². The van der Waals surface area contributed by atoms with Crippen LogP contribution in [-0.2, 0) is 13.0 Å². The number of hydrogen-bond acceptors (Lipinski definition) is 5. The third-order valence-corrected chi connectivity index (χ3v) is 5.16. The first kappa shape index (κ1) is 22.3. The molecule has 2 aromatic heterocycles. The van der Waals surface area contributed by atoms with E-state index in [0.717, 1.165) is 49.2 Å². The summed E-state index contributed by atoms with van der Waals surface area (Å²) in [5, 5.41) is 13.9. The molecular weight excluding hydrogens is 392 g/mol. The van der Waals surface area contributed by atoms with Gasteiger partial charge in [-0.25, -0.2) is 14.5 Å². The zero-order valence-corrected chi connectivity index (χ0v) is 18.0. The molecule has 2 heterocycles. The lowest BCUT2D eigenvalue weighted by Crippen LogP contribution is -2.07. The molecule has 3 rings (SSSR count). The molecule has 162 valence electrons. The summed E-state index contributed by atoms with van der Waals surface area (Å²) in [7, 11) is 0. The van der Waals surface area contributed by atoms with E-state index in [0.29, 0.717) is 24.2 Å². The number of Topliss-reactive ketones (excluding diaryl/α,β-unsaturated/α-hetero) is 1. The maximum atomic E-state index is 12.4. The smallest absolute Gasteiger partial charge is 0.336 e. The number of nitrogens with zero attached hydrogens (tertiary/aromatic N) is 4. The zero-order chi connectivity index (χ0) is 22.2. The fourth-order valence-corrected chi connectivity index (χ4v) is 3.36. The number of hydrogen-bond donors (Lipinski definition) is 1. The second-order valence-electron chi connectivity index (χ2n) is 7.56. The van der Waals surface area contributed by atoms with Crippen molar-refractivity contribution in [1.29, 1.82) is 0 Å². The molecule has 3 aromatic rings. The number of rotatable bonds is 11. The van der Waals surface area contributed by atoms with Crippen molar-refractivity contribution in [2.75, 3.05) is 0 Å². The maximum Gasteiger partial charge on any atom is 0.336 e. The van der Waals surface area contributed by atoms with E-state index in [1.807, 2.05) is 28.9 Å². The highest BCUT2D eigenvalue weighted by Crippen LogP contribution is 2.24. The third-order valence-electron chi connectivity index (χ3n) is 5.16. The van der Waals surface area contributed by atoms with Crippen LogP contribution < -0.4 is 0 Å². The van der Waals surface area contributed by atoms with Gasteiger partial charge in [-0.05, 0) is 30.0 Å². The van der Waals surface area contributed by atoms with E-state index in [1.54, 1.807) is 6.20 Å². The molecule has 7 nitrogen and oxygen atoms in total. The Hall–Kier alpha value is -3.35. The number of pyridine rings is 1. The Morgan fingerprint density at radius 3 is 2.45 bits per heavy atom. The van der Waals surface area contributed by atoms with Gasteiger partial charge in [-0.15, -0.1) is 5.10 Å². The topological polar surface area (TPSA) is 98.0 Å². The molecule has 7 heteroatoms. The lowest BCUT2D eigenvalue weighted by molar-refractivity contribution is 0.0697. The molecule has 0 saturated heterocycles. The van der Waals surface area contributed by atoms with Crippen molar-refractivity contribution < 1.29 is 14.7 Å². The molecule has 0 aliphatic carbocycles. The quantitative estimate of drug-likeness (QED) is 0.447. The summed E-state index contributed by atoms with van der Waals surface area (Å²) in [4.78, 5) is 32.5. The number of carboxylic acid groups (broad SMARTS) is 1. The number of carbonyl (C=O) groups is 2. The molecule has 0 radical (unpaired) electrons. The van der Waals surface area contributed by atoms with Crippen molar-refractivity contribution in [3.8, 4) is 11.1 Å². The highest BCUT2D eigenvalue weighted by atomic mass is 16.4. The summed E-state index contributed by atoms with van der Waals surface area (Å²) >= 11 is 0. The molecule has 0 unspecified atom stereocenters. The van der Waals surface area contributed by atoms with Crippen molar-refractivity contribution in [1.82, 2.24) is 19.7 Å². The van der Waals surface area contributed by atoms with Crippen LogP contribution in [-0.4, -0.2) is 36.6 Å². The SMILES string of the molecule is CCCCC(=O)c1nc(Cc2ccc(-c3cnccc3C(=O)O)cc2)n(CCCC)n1. The lowest BCUT2D eigenvalue weighted by Gasteiger charge is -2.08. The van der Waals surface area contributed by atoms with Gasteiger partial charge < -0.3 is 5.11 Å². The van der Waals surface area contributed by atoms with Crippen LogP contribution in [0, 0.1) is 0 Å². The van der Waals surface area contributed by atoms with Crippen LogP contribution in [0.15, 0.2) is 42.7 Å². The average Bonchev–Trinajstić information content (AvgIpc) is 3.19. The number of unbranched alkanes of at least 4 members (excludes halogenated alkanes) is 2. The van der Waals surface area contributed by atoms with Crippen LogP contribution in [0.25, 0.3) is 11.1 Å². The second kappa shape index (κ2) is 10.6. The molecule has 0 fully saturated rings. The monoisotopic (exact) mass is 420 g/mol. The van der Waals surface area contributed by atoms with E-state index in [1.165, 1.54) is 12.3 Å². The van der Waals surface area contributed by atoms with Crippen LogP contribution in [0.2, 0.25) is 0 Å². The zero-order valence-electron chi connectivity index (χ0n) is 18.0. The van der Waals surface area contributed by atoms with Crippen LogP contribution >= 0.6 is 0 Å². The molecule has 1 aromatic carbocycles. The maximum absolute atomic E-state index is 12.4. The minimum Gasteiger partial charge on any atom is -0.478 e. The Morgan fingerprint density at radius 1 is 1.03 bits per heavy atom. The van der Waals surface area contributed by atoms with Crippen LogP contribution in [0.4, 0.5) is 0 Å². The van der Waals surface area contributed by atoms with Gasteiger partial charge in [-0.1, -0.05) is 51.0 Å². The number of aromatic nitrogens is 4. The van der Waals surface area contributed by atoms with Gasteiger partial charge in [0, 0.05) is 37.3 Å². The molecule has 0 aliphatic heterocycles. The number of ketones is 1. The number of benzene rings is 1. The molecule has 31 heavy (non-hydrogen) atoms. The van der Waals surface area contributed by atoms with Crippen molar-refractivity contribution in [3.05, 3.63) is 65.5 Å². The minimum absolute atomic E-state index is 0.00789. The number of aromatic carboxylic acids is 1. The van der Waals surface area contributed by atoms with E-state index in [2.05, 4.69) is 28.9 Å². The van der Waals surface area contributed by atoms with E-state index in [-0.39, 0.29) is 11.3 Å². The molecule has 1 N–H and O–H groups in total. The van der Waals surface area contributed by atoms with Crippen molar-refractivity contribution >= 4 is 11.8 Å². The van der Waals surface area contributed by atoms with E-state index >= 15 is 0 Å². The van der Waals surface area contributed by atoms with Crippen LogP contribution in [0.5, 0.6) is 0 Å². The molecule has 0 bridgehead atoms. The highest BCUT2D eigenvalue weighted by Gasteiger charge is 2.17. The van der Waals surface area contributed by atoms with Crippen molar-refractivity contribution in [3.63, 3.8) is 0 Å². The number of carbonyl (C=O) groups excluding carboxylic acids is 1. The van der Waals surface area contributed by atoms with E-state index in [4.69, 9.17) is 0 Å². The summed E-state index contributed by atoms with van der Waals surface area (Å²) in [6.45, 7) is 4.91. The lowest BCUT2D eigenvalue weighted by atomic mass is 10.00. The summed E-state index contributed by atoms with van der Waals surface area (Å²) < 4.78 is 1.85. The van der Waals surface area contributed by atoms with Gasteiger partial charge >= 0.3 is 5.97 Å². The predicted molar refractivity (Wildman–Crippen MR) is 118 cm³/mol. The van der Waals surface area contributed by atoms with E-state index < -0.39 is 5.97 Å². The van der Waals surface area contributed by atoms with Crippen LogP contribution in [0.3, 0.4) is 0 Å². The normalized spacial score (nSPS) is 10.9. The van der Waals surface area contributed by atoms with Crippen molar-refractivity contribution in [2.24, 2.45) is 0 Å². The van der Waals surface area contributed by atoms with Gasteiger partial charge in [-0.3, -0.25) is 9.78 Å². The Balaban J connectivity index is 1.82. The Kier molecular flexibility index (Phi) is 7.65. The fourth-order valence-electron chi connectivity index (χ4n) is 3.36. The first-order valence-corrected chi connectivity index (χ1v) is 10.8. The average molecular weight is 421 g/mol. The Morgan fingerprint density at radius 2 is 1.77 bits per heavy atom. The highest BCUT2D eigenvalue weighted by molar-refractivity contribution is 5.95. The Labute approximate surface area is 182 Å². The largest absolute Gasteiger partial charge is 0.478 e. The van der Waals surface area contributed by atoms with E-state index in [9.17, 15) is 14.7 Å². The number of aryl methyl sites for hydroxylation is 1. The van der Waals surface area contributed by atoms with Gasteiger partial charge in [0.1, 0.15) is 5.82 Å². The third kappa shape index (κ3) is 5.63. The summed E-state index contributed by atoms with van der Waals surface area (Å²) in [6.07, 6.45) is 7.86. The molecule has 0 spiro atoms. The molecule has 0 saturated carbocycles. The summed E-state index contributed by atoms with van der Waals surface area (Å²) in [6, 6.07) is 9.17. The molecule has 0 aliphatic rings. The number of carboxylic acids is 1. The van der Waals surface area contributed by atoms with Crippen LogP contribution in [0.1, 0.15) is 78.3 Å².